The lowest BCUT2D eigenvalue weighted by Crippen LogP contribution is -2.39. The largest absolute Gasteiger partial charge is 0.369 e. The van der Waals surface area contributed by atoms with Gasteiger partial charge in [-0.15, -0.1) is 0 Å². The van der Waals surface area contributed by atoms with Gasteiger partial charge in [0.1, 0.15) is 0 Å². The number of nitrogens with zero attached hydrogens (tertiary/aromatic N) is 3. The fourth-order valence-corrected chi connectivity index (χ4v) is 2.70. The van der Waals surface area contributed by atoms with Crippen LogP contribution in [0.3, 0.4) is 0 Å². The molecule has 0 radical (unpaired) electrons. The molecular weight excluding hydrogens is 240 g/mol. The summed E-state index contributed by atoms with van der Waals surface area (Å²) in [5.41, 5.74) is 7.53. The number of imidazole rings is 1. The van der Waals surface area contributed by atoms with Crippen LogP contribution >= 0.6 is 0 Å². The third kappa shape index (κ3) is 2.46. The molecule has 5 heteroatoms. The molecule has 5 nitrogen and oxygen atoms in total. The summed E-state index contributed by atoms with van der Waals surface area (Å²) in [5.74, 6) is -0.108. The van der Waals surface area contributed by atoms with Crippen LogP contribution in [0.25, 0.3) is 11.0 Å². The van der Waals surface area contributed by atoms with E-state index in [2.05, 4.69) is 20.5 Å². The second-order valence-corrected chi connectivity index (χ2v) is 5.14. The van der Waals surface area contributed by atoms with Crippen LogP contribution in [0.1, 0.15) is 12.8 Å². The number of carbonyl (C=O) groups excluding carboxylic acids is 1. The van der Waals surface area contributed by atoms with E-state index in [4.69, 9.17) is 5.73 Å². The second-order valence-electron chi connectivity index (χ2n) is 5.14. The monoisotopic (exact) mass is 258 g/mol. The highest BCUT2D eigenvalue weighted by atomic mass is 16.1. The molecule has 1 aliphatic rings. The summed E-state index contributed by atoms with van der Waals surface area (Å²) in [5, 5.41) is 0. The fraction of sp³-hybridized carbons (Fsp3) is 0.429. The lowest BCUT2D eigenvalue weighted by molar-refractivity contribution is -0.123. The first-order valence-electron chi connectivity index (χ1n) is 6.65. The molecule has 1 amide bonds. The van der Waals surface area contributed by atoms with Gasteiger partial charge in [-0.25, -0.2) is 4.98 Å². The van der Waals surface area contributed by atoms with Crippen LogP contribution in [0.15, 0.2) is 30.6 Å². The zero-order valence-electron chi connectivity index (χ0n) is 10.8. The quantitative estimate of drug-likeness (QED) is 0.899. The average molecular weight is 258 g/mol. The van der Waals surface area contributed by atoms with Crippen molar-refractivity contribution < 1.29 is 4.79 Å². The van der Waals surface area contributed by atoms with E-state index >= 15 is 0 Å². The van der Waals surface area contributed by atoms with Crippen LogP contribution in [0.5, 0.6) is 0 Å². The van der Waals surface area contributed by atoms with E-state index in [-0.39, 0.29) is 11.8 Å². The zero-order chi connectivity index (χ0) is 13.2. The van der Waals surface area contributed by atoms with Gasteiger partial charge >= 0.3 is 0 Å². The Morgan fingerprint density at radius 1 is 1.32 bits per heavy atom. The van der Waals surface area contributed by atoms with E-state index < -0.39 is 0 Å². The van der Waals surface area contributed by atoms with Crippen LogP contribution < -0.4 is 5.73 Å². The standard InChI is InChI=1S/C14H18N4O/c15-14(19)11-5-7-17(8-6-11)10-18-9-16-12-3-1-2-4-13(12)18/h1-4,9,11H,5-8,10H2,(H2,15,19). The Kier molecular flexibility index (Phi) is 3.21. The molecule has 0 atom stereocenters. The molecule has 100 valence electrons. The van der Waals surface area contributed by atoms with Crippen molar-refractivity contribution in [1.82, 2.24) is 14.5 Å². The van der Waals surface area contributed by atoms with Crippen LogP contribution in [-0.2, 0) is 11.5 Å². The molecule has 19 heavy (non-hydrogen) atoms. The summed E-state index contributed by atoms with van der Waals surface area (Å²) < 4.78 is 2.15. The maximum absolute atomic E-state index is 11.1. The Labute approximate surface area is 112 Å². The van der Waals surface area contributed by atoms with E-state index in [1.165, 1.54) is 0 Å². The Balaban J connectivity index is 1.68. The van der Waals surface area contributed by atoms with E-state index in [1.807, 2.05) is 24.5 Å². The van der Waals surface area contributed by atoms with Gasteiger partial charge < -0.3 is 10.3 Å². The van der Waals surface area contributed by atoms with Gasteiger partial charge in [-0.1, -0.05) is 12.1 Å². The molecule has 0 bridgehead atoms. The highest BCUT2D eigenvalue weighted by molar-refractivity contribution is 5.76. The first kappa shape index (κ1) is 12.2. The maximum Gasteiger partial charge on any atom is 0.220 e. The fourth-order valence-electron chi connectivity index (χ4n) is 2.70. The van der Waals surface area contributed by atoms with Crippen molar-refractivity contribution in [2.75, 3.05) is 13.1 Å². The summed E-state index contributed by atoms with van der Waals surface area (Å²) in [6.45, 7) is 2.66. The number of rotatable bonds is 3. The number of piperidine rings is 1. The molecule has 1 aromatic heterocycles. The van der Waals surface area contributed by atoms with Gasteiger partial charge in [0.05, 0.1) is 24.0 Å². The predicted octanol–water partition coefficient (Wildman–Crippen LogP) is 1.19. The number of primary amides is 1. The number of hydrogen-bond acceptors (Lipinski definition) is 3. The molecule has 1 aliphatic heterocycles. The van der Waals surface area contributed by atoms with Crippen molar-refractivity contribution in [1.29, 1.82) is 0 Å². The number of aromatic nitrogens is 2. The van der Waals surface area contributed by atoms with E-state index in [0.717, 1.165) is 43.6 Å². The van der Waals surface area contributed by atoms with Gasteiger partial charge in [0.25, 0.3) is 0 Å². The number of hydrogen-bond donors (Lipinski definition) is 1. The molecular formula is C14H18N4O. The number of amides is 1. The summed E-state index contributed by atoms with van der Waals surface area (Å²) in [7, 11) is 0. The molecule has 0 unspecified atom stereocenters. The van der Waals surface area contributed by atoms with Crippen LogP contribution in [0.4, 0.5) is 0 Å². The Morgan fingerprint density at radius 2 is 2.05 bits per heavy atom. The number of likely N-dealkylation sites (tertiary alicyclic amines) is 1. The van der Waals surface area contributed by atoms with Gasteiger partial charge in [0, 0.05) is 19.0 Å². The Hall–Kier alpha value is -1.88. The normalized spacial score (nSPS) is 17.9. The molecule has 1 aromatic carbocycles. The number of nitrogens with two attached hydrogens (primary N) is 1. The third-order valence-corrected chi connectivity index (χ3v) is 3.87. The summed E-state index contributed by atoms with van der Waals surface area (Å²) in [6, 6.07) is 8.13. The number of benzene rings is 1. The molecule has 1 fully saturated rings. The van der Waals surface area contributed by atoms with Gasteiger partial charge in [-0.05, 0) is 25.0 Å². The Morgan fingerprint density at radius 3 is 2.79 bits per heavy atom. The second kappa shape index (κ2) is 5.01. The smallest absolute Gasteiger partial charge is 0.220 e. The van der Waals surface area contributed by atoms with Crippen molar-refractivity contribution >= 4 is 16.9 Å². The topological polar surface area (TPSA) is 64.2 Å². The van der Waals surface area contributed by atoms with Gasteiger partial charge in [-0.2, -0.15) is 0 Å². The van der Waals surface area contributed by atoms with Gasteiger partial charge in [0.2, 0.25) is 5.91 Å². The summed E-state index contributed by atoms with van der Waals surface area (Å²) in [6.07, 6.45) is 3.61. The van der Waals surface area contributed by atoms with Crippen LogP contribution in [-0.4, -0.2) is 33.4 Å². The van der Waals surface area contributed by atoms with Crippen molar-refractivity contribution in [3.8, 4) is 0 Å². The summed E-state index contributed by atoms with van der Waals surface area (Å²) in [4.78, 5) is 17.9. The minimum absolute atomic E-state index is 0.0516. The molecule has 0 aliphatic carbocycles. The highest BCUT2D eigenvalue weighted by Crippen LogP contribution is 2.19. The molecule has 2 heterocycles. The molecule has 3 rings (SSSR count). The van der Waals surface area contributed by atoms with Gasteiger partial charge in [0.15, 0.2) is 0 Å². The maximum atomic E-state index is 11.1. The lowest BCUT2D eigenvalue weighted by Gasteiger charge is -2.30. The summed E-state index contributed by atoms with van der Waals surface area (Å²) >= 11 is 0. The predicted molar refractivity (Wildman–Crippen MR) is 73.2 cm³/mol. The minimum atomic E-state index is -0.160. The Bertz CT molecular complexity index is 584. The molecule has 1 saturated heterocycles. The number of carbonyl (C=O) groups is 1. The van der Waals surface area contributed by atoms with Crippen molar-refractivity contribution in [3.05, 3.63) is 30.6 Å². The van der Waals surface area contributed by atoms with E-state index in [0.29, 0.717) is 0 Å². The lowest BCUT2D eigenvalue weighted by atomic mass is 9.97. The number of fused-ring (bicyclic) bond motifs is 1. The van der Waals surface area contributed by atoms with Crippen molar-refractivity contribution in [2.45, 2.75) is 19.5 Å². The highest BCUT2D eigenvalue weighted by Gasteiger charge is 2.23. The third-order valence-electron chi connectivity index (χ3n) is 3.87. The number of para-hydroxylation sites is 2. The molecule has 0 saturated carbocycles. The first-order valence-corrected chi connectivity index (χ1v) is 6.65. The molecule has 2 aromatic rings. The van der Waals surface area contributed by atoms with Crippen molar-refractivity contribution in [3.63, 3.8) is 0 Å². The minimum Gasteiger partial charge on any atom is -0.369 e. The first-order chi connectivity index (χ1) is 9.24. The van der Waals surface area contributed by atoms with E-state index in [9.17, 15) is 4.79 Å². The molecule has 0 spiro atoms. The van der Waals surface area contributed by atoms with Crippen molar-refractivity contribution in [2.24, 2.45) is 11.7 Å². The van der Waals surface area contributed by atoms with Gasteiger partial charge in [-0.3, -0.25) is 9.69 Å². The van der Waals surface area contributed by atoms with Crippen LogP contribution in [0, 0.1) is 5.92 Å². The SMILES string of the molecule is NC(=O)C1CCN(Cn2cnc3ccccc32)CC1. The zero-order valence-corrected chi connectivity index (χ0v) is 10.8. The van der Waals surface area contributed by atoms with E-state index in [1.54, 1.807) is 0 Å². The average Bonchev–Trinajstić information content (AvgIpc) is 2.83. The molecule has 2 N–H and O–H groups in total. The van der Waals surface area contributed by atoms with Crippen LogP contribution in [0.2, 0.25) is 0 Å².